The second kappa shape index (κ2) is 8.99. The number of benzene rings is 2. The van der Waals surface area contributed by atoms with Gasteiger partial charge in [-0.3, -0.25) is 24.1 Å². The van der Waals surface area contributed by atoms with Crippen LogP contribution in [0.1, 0.15) is 49.3 Å². The van der Waals surface area contributed by atoms with Gasteiger partial charge in [0.25, 0.3) is 0 Å². The van der Waals surface area contributed by atoms with E-state index in [1.807, 2.05) is 18.2 Å². The summed E-state index contributed by atoms with van der Waals surface area (Å²) in [6.45, 7) is 7.40. The first-order chi connectivity index (χ1) is 18.9. The van der Waals surface area contributed by atoms with E-state index in [2.05, 4.69) is 0 Å². The molecule has 4 amide bonds. The SMILES string of the molecule is CCN1C(=O)[C@H]2[C@H](CC=C3[C@H]2C[C@H]2C(=O)N(c4ccc(F)c(Cl)c4)C(=O)[C@@]2(C)[C@H]3c2cc(C)c(O)c(C)c2)C1=O. The first-order valence-corrected chi connectivity index (χ1v) is 14.0. The maximum absolute atomic E-state index is 14.4. The number of likely N-dealkylation sites (tertiary alicyclic amines) is 1. The van der Waals surface area contributed by atoms with E-state index in [4.69, 9.17) is 11.6 Å². The molecule has 2 heterocycles. The number of hydrogen-bond acceptors (Lipinski definition) is 5. The average molecular weight is 565 g/mol. The largest absolute Gasteiger partial charge is 0.507 e. The lowest BCUT2D eigenvalue weighted by Crippen LogP contribution is -2.48. The van der Waals surface area contributed by atoms with Gasteiger partial charge in [0.05, 0.1) is 33.9 Å². The molecule has 2 aliphatic heterocycles. The Morgan fingerprint density at radius 3 is 2.33 bits per heavy atom. The van der Waals surface area contributed by atoms with Gasteiger partial charge in [0.2, 0.25) is 23.6 Å². The number of aryl methyl sites for hydroxylation is 2. The summed E-state index contributed by atoms with van der Waals surface area (Å²) in [4.78, 5) is 57.5. The van der Waals surface area contributed by atoms with Crippen molar-refractivity contribution in [2.45, 2.75) is 46.5 Å². The number of rotatable bonds is 3. The molecule has 2 aromatic carbocycles. The summed E-state index contributed by atoms with van der Waals surface area (Å²) in [5.74, 6) is -4.65. The Bertz CT molecular complexity index is 1530. The number of fused-ring (bicyclic) bond motifs is 4. The van der Waals surface area contributed by atoms with E-state index in [0.29, 0.717) is 17.5 Å². The Labute approximate surface area is 236 Å². The molecule has 6 atom stereocenters. The summed E-state index contributed by atoms with van der Waals surface area (Å²) in [5.41, 5.74) is 1.87. The van der Waals surface area contributed by atoms with Crippen molar-refractivity contribution in [2.75, 3.05) is 11.4 Å². The van der Waals surface area contributed by atoms with E-state index in [-0.39, 0.29) is 41.2 Å². The molecule has 0 spiro atoms. The summed E-state index contributed by atoms with van der Waals surface area (Å²) >= 11 is 6.04. The molecule has 7 nitrogen and oxygen atoms in total. The van der Waals surface area contributed by atoms with E-state index in [9.17, 15) is 28.7 Å². The minimum Gasteiger partial charge on any atom is -0.507 e. The van der Waals surface area contributed by atoms with Crippen LogP contribution in [0.2, 0.25) is 5.02 Å². The normalized spacial score (nSPS) is 31.4. The van der Waals surface area contributed by atoms with Gasteiger partial charge in [0.1, 0.15) is 11.6 Å². The highest BCUT2D eigenvalue weighted by atomic mass is 35.5. The second-order valence-corrected chi connectivity index (χ2v) is 12.1. The van der Waals surface area contributed by atoms with E-state index in [1.165, 1.54) is 17.0 Å². The number of anilines is 1. The Balaban J connectivity index is 1.55. The number of allylic oxidation sites excluding steroid dienone is 2. The molecule has 4 aliphatic rings. The number of imide groups is 2. The minimum absolute atomic E-state index is 0.155. The molecule has 1 saturated carbocycles. The number of halogens is 2. The Morgan fingerprint density at radius 2 is 1.70 bits per heavy atom. The molecule has 0 bridgehead atoms. The number of phenols is 1. The van der Waals surface area contributed by atoms with Gasteiger partial charge in [0.15, 0.2) is 0 Å². The third kappa shape index (κ3) is 3.41. The zero-order chi connectivity index (χ0) is 28.8. The maximum Gasteiger partial charge on any atom is 0.241 e. The number of nitrogens with zero attached hydrogens (tertiary/aromatic N) is 2. The monoisotopic (exact) mass is 564 g/mol. The van der Waals surface area contributed by atoms with E-state index in [1.54, 1.807) is 27.7 Å². The molecule has 2 aromatic rings. The fourth-order valence-corrected chi connectivity index (χ4v) is 7.97. The molecule has 9 heteroatoms. The van der Waals surface area contributed by atoms with Crippen molar-refractivity contribution in [1.82, 2.24) is 4.90 Å². The first-order valence-electron chi connectivity index (χ1n) is 13.6. The highest BCUT2D eigenvalue weighted by Crippen LogP contribution is 2.63. The highest BCUT2D eigenvalue weighted by molar-refractivity contribution is 6.31. The van der Waals surface area contributed by atoms with E-state index < -0.39 is 52.6 Å². The first kappa shape index (κ1) is 26.7. The zero-order valence-electron chi connectivity index (χ0n) is 22.7. The van der Waals surface area contributed by atoms with Crippen molar-refractivity contribution in [3.63, 3.8) is 0 Å². The van der Waals surface area contributed by atoms with Crippen LogP contribution in [-0.4, -0.2) is 40.2 Å². The number of hydrogen-bond donors (Lipinski definition) is 1. The standard InChI is InChI=1S/C31H30ClFN2O5/c1-5-34-27(37)19-8-7-18-20(24(19)29(34)39)13-21-28(38)35(17-6-9-23(33)22(32)12-17)30(40)31(21,4)25(18)16-10-14(2)26(36)15(3)11-16/h6-7,9-12,19-21,24-25,36H,5,8,13H2,1-4H3/t19-,20+,21-,24-,25-,31+/m0/s1. The Kier molecular flexibility index (Phi) is 6.00. The minimum atomic E-state index is -1.22. The molecule has 0 aromatic heterocycles. The van der Waals surface area contributed by atoms with Crippen LogP contribution in [0.3, 0.4) is 0 Å². The van der Waals surface area contributed by atoms with Crippen molar-refractivity contribution in [3.8, 4) is 5.75 Å². The molecule has 1 N–H and O–H groups in total. The summed E-state index contributed by atoms with van der Waals surface area (Å²) in [6, 6.07) is 7.43. The fourth-order valence-electron chi connectivity index (χ4n) is 7.80. The summed E-state index contributed by atoms with van der Waals surface area (Å²) < 4.78 is 14.0. The van der Waals surface area contributed by atoms with Crippen molar-refractivity contribution >= 4 is 40.9 Å². The van der Waals surface area contributed by atoms with Crippen LogP contribution in [-0.2, 0) is 19.2 Å². The van der Waals surface area contributed by atoms with Gasteiger partial charge >= 0.3 is 0 Å². The van der Waals surface area contributed by atoms with Gasteiger partial charge < -0.3 is 5.11 Å². The summed E-state index contributed by atoms with van der Waals surface area (Å²) in [5, 5.41) is 10.3. The predicted molar refractivity (Wildman–Crippen MR) is 146 cm³/mol. The number of amides is 4. The van der Waals surface area contributed by atoms with Crippen LogP contribution in [0, 0.1) is 48.8 Å². The maximum atomic E-state index is 14.4. The van der Waals surface area contributed by atoms with Gasteiger partial charge in [-0.1, -0.05) is 35.4 Å². The average Bonchev–Trinajstić information content (AvgIpc) is 3.27. The summed E-state index contributed by atoms with van der Waals surface area (Å²) in [7, 11) is 0. The van der Waals surface area contributed by atoms with Gasteiger partial charge in [-0.15, -0.1) is 0 Å². The van der Waals surface area contributed by atoms with Crippen LogP contribution in [0.25, 0.3) is 0 Å². The Hall–Kier alpha value is -3.52. The number of aromatic hydroxyl groups is 1. The van der Waals surface area contributed by atoms with Crippen molar-refractivity contribution in [3.05, 3.63) is 69.5 Å². The van der Waals surface area contributed by atoms with Crippen LogP contribution in [0.5, 0.6) is 5.75 Å². The van der Waals surface area contributed by atoms with Crippen molar-refractivity contribution < 1.29 is 28.7 Å². The van der Waals surface area contributed by atoms with Crippen LogP contribution >= 0.6 is 11.6 Å². The van der Waals surface area contributed by atoms with Crippen molar-refractivity contribution in [1.29, 1.82) is 0 Å². The van der Waals surface area contributed by atoms with Crippen LogP contribution in [0.15, 0.2) is 42.0 Å². The third-order valence-electron chi connectivity index (χ3n) is 9.69. The lowest BCUT2D eigenvalue weighted by molar-refractivity contribution is -0.140. The fraction of sp³-hybridized carbons (Fsp3) is 0.419. The second-order valence-electron chi connectivity index (χ2n) is 11.7. The van der Waals surface area contributed by atoms with E-state index in [0.717, 1.165) is 22.1 Å². The topological polar surface area (TPSA) is 95.0 Å². The molecule has 3 fully saturated rings. The smallest absolute Gasteiger partial charge is 0.241 e. The third-order valence-corrected chi connectivity index (χ3v) is 9.98. The van der Waals surface area contributed by atoms with Gasteiger partial charge in [-0.25, -0.2) is 9.29 Å². The lowest BCUT2D eigenvalue weighted by Gasteiger charge is -2.49. The molecule has 208 valence electrons. The molecule has 0 radical (unpaired) electrons. The number of carbonyl (C=O) groups is 4. The molecule has 2 saturated heterocycles. The molecule has 2 aliphatic carbocycles. The van der Waals surface area contributed by atoms with Gasteiger partial charge in [-0.2, -0.15) is 0 Å². The van der Waals surface area contributed by atoms with E-state index >= 15 is 0 Å². The van der Waals surface area contributed by atoms with Crippen molar-refractivity contribution in [2.24, 2.45) is 29.1 Å². The van der Waals surface area contributed by atoms with Gasteiger partial charge in [0, 0.05) is 12.5 Å². The number of carbonyl (C=O) groups excluding carboxylic acids is 4. The number of phenolic OH excluding ortho intramolecular Hbond substituents is 1. The summed E-state index contributed by atoms with van der Waals surface area (Å²) in [6.07, 6.45) is 2.61. The highest BCUT2D eigenvalue weighted by Gasteiger charge is 2.67. The van der Waals surface area contributed by atoms with Crippen LogP contribution in [0.4, 0.5) is 10.1 Å². The molecular weight excluding hydrogens is 535 g/mol. The molecular formula is C31H30ClFN2O5. The van der Waals surface area contributed by atoms with Gasteiger partial charge in [-0.05, 0) is 81.3 Å². The quantitative estimate of drug-likeness (QED) is 0.416. The molecule has 0 unspecified atom stereocenters. The Morgan fingerprint density at radius 1 is 1.02 bits per heavy atom. The molecule has 40 heavy (non-hydrogen) atoms. The predicted octanol–water partition coefficient (Wildman–Crippen LogP) is 5.05. The zero-order valence-corrected chi connectivity index (χ0v) is 23.5. The lowest BCUT2D eigenvalue weighted by atomic mass is 9.51. The molecule has 6 rings (SSSR count). The van der Waals surface area contributed by atoms with Crippen LogP contribution < -0.4 is 4.90 Å².